The van der Waals surface area contributed by atoms with Crippen LogP contribution in [0.2, 0.25) is 0 Å². The van der Waals surface area contributed by atoms with Gasteiger partial charge in [0.1, 0.15) is 11.9 Å². The average molecular weight is 431 g/mol. The van der Waals surface area contributed by atoms with E-state index < -0.39 is 6.04 Å². The van der Waals surface area contributed by atoms with Crippen LogP contribution in [-0.2, 0) is 21.9 Å². The molecule has 0 aliphatic heterocycles. The number of benzene rings is 2. The highest BCUT2D eigenvalue weighted by Gasteiger charge is 2.29. The number of halogens is 1. The highest BCUT2D eigenvalue weighted by molar-refractivity contribution is 7.99. The Balaban J connectivity index is 2.11. The zero-order valence-corrected chi connectivity index (χ0v) is 18.8. The molecule has 162 valence electrons. The van der Waals surface area contributed by atoms with E-state index >= 15 is 0 Å². The third-order valence-corrected chi connectivity index (χ3v) is 5.99. The topological polar surface area (TPSA) is 49.4 Å². The number of hydrogen-bond acceptors (Lipinski definition) is 3. The van der Waals surface area contributed by atoms with Crippen LogP contribution in [0.4, 0.5) is 4.39 Å². The minimum absolute atomic E-state index is 0.0515. The quantitative estimate of drug-likeness (QED) is 0.558. The van der Waals surface area contributed by atoms with Crippen molar-refractivity contribution in [2.45, 2.75) is 58.0 Å². The third kappa shape index (κ3) is 7.17. The molecule has 0 radical (unpaired) electrons. The van der Waals surface area contributed by atoms with Crippen LogP contribution >= 0.6 is 11.8 Å². The van der Waals surface area contributed by atoms with Gasteiger partial charge in [0.15, 0.2) is 0 Å². The number of carbonyl (C=O) groups excluding carboxylic acids is 2. The van der Waals surface area contributed by atoms with Crippen LogP contribution in [0.1, 0.15) is 44.7 Å². The monoisotopic (exact) mass is 430 g/mol. The van der Waals surface area contributed by atoms with Gasteiger partial charge in [0.05, 0.1) is 5.75 Å². The molecule has 0 fully saturated rings. The largest absolute Gasteiger partial charge is 0.352 e. The van der Waals surface area contributed by atoms with Crippen molar-refractivity contribution in [3.63, 3.8) is 0 Å². The van der Waals surface area contributed by atoms with Gasteiger partial charge < -0.3 is 10.2 Å². The van der Waals surface area contributed by atoms with E-state index in [-0.39, 0.29) is 29.4 Å². The Morgan fingerprint density at radius 1 is 1.03 bits per heavy atom. The molecule has 6 heteroatoms. The summed E-state index contributed by atoms with van der Waals surface area (Å²) in [5.41, 5.74) is 1.55. The van der Waals surface area contributed by atoms with E-state index in [9.17, 15) is 14.0 Å². The number of thioether (sulfide) groups is 1. The molecule has 2 atom stereocenters. The summed E-state index contributed by atoms with van der Waals surface area (Å²) in [7, 11) is 0. The first-order valence-corrected chi connectivity index (χ1v) is 11.6. The van der Waals surface area contributed by atoms with E-state index in [1.54, 1.807) is 23.1 Å². The van der Waals surface area contributed by atoms with Gasteiger partial charge in [-0.3, -0.25) is 9.59 Å². The van der Waals surface area contributed by atoms with Crippen LogP contribution in [0.5, 0.6) is 0 Å². The molecule has 30 heavy (non-hydrogen) atoms. The number of carbonyl (C=O) groups is 2. The average Bonchev–Trinajstić information content (AvgIpc) is 2.75. The fourth-order valence-electron chi connectivity index (χ4n) is 3.09. The molecule has 2 aromatic rings. The van der Waals surface area contributed by atoms with Crippen molar-refractivity contribution in [3.8, 4) is 0 Å². The molecular formula is C24H31FN2O2S. The zero-order chi connectivity index (χ0) is 21.9. The van der Waals surface area contributed by atoms with E-state index in [2.05, 4.69) is 5.32 Å². The molecule has 0 spiro atoms. The summed E-state index contributed by atoms with van der Waals surface area (Å²) in [5.74, 6) is 0.0846. The molecular weight excluding hydrogens is 399 g/mol. The summed E-state index contributed by atoms with van der Waals surface area (Å²) in [6.07, 6.45) is 1.35. The van der Waals surface area contributed by atoms with Gasteiger partial charge >= 0.3 is 0 Å². The number of rotatable bonds is 11. The highest BCUT2D eigenvalue weighted by Crippen LogP contribution is 2.19. The van der Waals surface area contributed by atoms with Gasteiger partial charge in [-0.15, -0.1) is 11.8 Å². The molecule has 0 aliphatic carbocycles. The fourth-order valence-corrected chi connectivity index (χ4v) is 3.98. The van der Waals surface area contributed by atoms with Gasteiger partial charge in [0.2, 0.25) is 11.8 Å². The van der Waals surface area contributed by atoms with Gasteiger partial charge in [-0.1, -0.05) is 62.4 Å². The molecule has 0 bridgehead atoms. The normalized spacial score (nSPS) is 12.8. The maximum absolute atomic E-state index is 13.8. The van der Waals surface area contributed by atoms with Crippen molar-refractivity contribution in [2.24, 2.45) is 0 Å². The maximum Gasteiger partial charge on any atom is 0.243 e. The fraction of sp³-hybridized carbons (Fsp3) is 0.417. The Morgan fingerprint density at radius 3 is 2.33 bits per heavy atom. The van der Waals surface area contributed by atoms with Crippen LogP contribution < -0.4 is 5.32 Å². The third-order valence-electron chi connectivity index (χ3n) is 5.02. The summed E-state index contributed by atoms with van der Waals surface area (Å²) in [6, 6.07) is 15.8. The van der Waals surface area contributed by atoms with Crippen LogP contribution in [-0.4, -0.2) is 34.6 Å². The first kappa shape index (κ1) is 23.9. The second-order valence-corrected chi connectivity index (χ2v) is 8.32. The van der Waals surface area contributed by atoms with E-state index in [1.165, 1.54) is 17.8 Å². The van der Waals surface area contributed by atoms with Crippen LogP contribution in [0, 0.1) is 5.82 Å². The minimum atomic E-state index is -0.541. The summed E-state index contributed by atoms with van der Waals surface area (Å²) < 4.78 is 13.8. The van der Waals surface area contributed by atoms with E-state index in [0.717, 1.165) is 12.0 Å². The van der Waals surface area contributed by atoms with E-state index in [4.69, 9.17) is 0 Å². The van der Waals surface area contributed by atoms with Crippen molar-refractivity contribution in [1.29, 1.82) is 0 Å². The molecule has 0 aliphatic rings. The van der Waals surface area contributed by atoms with Gasteiger partial charge in [0, 0.05) is 18.3 Å². The first-order valence-electron chi connectivity index (χ1n) is 10.4. The summed E-state index contributed by atoms with van der Waals surface area (Å²) in [4.78, 5) is 27.6. The highest BCUT2D eigenvalue weighted by atomic mass is 32.2. The summed E-state index contributed by atoms with van der Waals surface area (Å²) >= 11 is 1.36. The molecule has 1 N–H and O–H groups in total. The predicted octanol–water partition coefficient (Wildman–Crippen LogP) is 4.78. The maximum atomic E-state index is 13.8. The van der Waals surface area contributed by atoms with Crippen molar-refractivity contribution in [3.05, 3.63) is 71.5 Å². The lowest BCUT2D eigenvalue weighted by atomic mass is 10.1. The Hall–Kier alpha value is -2.34. The zero-order valence-electron chi connectivity index (χ0n) is 17.9. The lowest BCUT2D eigenvalue weighted by molar-refractivity contribution is -0.139. The predicted molar refractivity (Wildman–Crippen MR) is 122 cm³/mol. The SMILES string of the molecule is CC[C@H](C)NC(=O)[C@H](CC)N(Cc1ccccc1)C(=O)CSCc1ccccc1F. The summed E-state index contributed by atoms with van der Waals surface area (Å²) in [5, 5.41) is 3.00. The van der Waals surface area contributed by atoms with Crippen molar-refractivity contribution >= 4 is 23.6 Å². The van der Waals surface area contributed by atoms with Gasteiger partial charge in [0.25, 0.3) is 0 Å². The van der Waals surface area contributed by atoms with Crippen molar-refractivity contribution in [2.75, 3.05) is 5.75 Å². The minimum Gasteiger partial charge on any atom is -0.352 e. The van der Waals surface area contributed by atoms with E-state index in [1.807, 2.05) is 51.1 Å². The molecule has 2 rings (SSSR count). The Kier molecular flexibility index (Phi) is 9.87. The van der Waals surface area contributed by atoms with Gasteiger partial charge in [-0.25, -0.2) is 4.39 Å². The number of amides is 2. The standard InChI is InChI=1S/C24H31FN2O2S/c1-4-18(3)26-24(29)22(5-2)27(15-19-11-7-6-8-12-19)23(28)17-30-16-20-13-9-10-14-21(20)25/h6-14,18,22H,4-5,15-17H2,1-3H3,(H,26,29)/t18-,22-/m0/s1. The second-order valence-electron chi connectivity index (χ2n) is 7.33. The van der Waals surface area contributed by atoms with Crippen LogP contribution in [0.15, 0.2) is 54.6 Å². The molecule has 2 amide bonds. The summed E-state index contributed by atoms with van der Waals surface area (Å²) in [6.45, 7) is 6.25. The van der Waals surface area contributed by atoms with Crippen LogP contribution in [0.3, 0.4) is 0 Å². The van der Waals surface area contributed by atoms with E-state index in [0.29, 0.717) is 24.3 Å². The lowest BCUT2D eigenvalue weighted by Gasteiger charge is -2.31. The van der Waals surface area contributed by atoms with Gasteiger partial charge in [-0.2, -0.15) is 0 Å². The Bertz CT molecular complexity index is 816. The number of nitrogens with one attached hydrogen (secondary N) is 1. The Labute approximate surface area is 183 Å². The molecule has 4 nitrogen and oxygen atoms in total. The molecule has 0 aromatic heterocycles. The molecule has 0 heterocycles. The number of nitrogens with zero attached hydrogens (tertiary/aromatic N) is 1. The Morgan fingerprint density at radius 2 is 1.70 bits per heavy atom. The molecule has 0 unspecified atom stereocenters. The molecule has 2 aromatic carbocycles. The number of hydrogen-bond donors (Lipinski definition) is 1. The smallest absolute Gasteiger partial charge is 0.243 e. The lowest BCUT2D eigenvalue weighted by Crippen LogP contribution is -2.51. The second kappa shape index (κ2) is 12.4. The molecule has 0 saturated heterocycles. The first-order chi connectivity index (χ1) is 14.5. The van der Waals surface area contributed by atoms with Crippen molar-refractivity contribution < 1.29 is 14.0 Å². The van der Waals surface area contributed by atoms with Crippen LogP contribution in [0.25, 0.3) is 0 Å². The molecule has 0 saturated carbocycles. The van der Waals surface area contributed by atoms with Crippen molar-refractivity contribution in [1.82, 2.24) is 10.2 Å². The van der Waals surface area contributed by atoms with Gasteiger partial charge in [-0.05, 0) is 37.0 Å².